The number of carbonyl (C=O) groups excluding carboxylic acids is 2. The van der Waals surface area contributed by atoms with Crippen LogP contribution in [0.5, 0.6) is 0 Å². The van der Waals surface area contributed by atoms with Gasteiger partial charge in [0.05, 0.1) is 12.6 Å². The van der Waals surface area contributed by atoms with Gasteiger partial charge in [0.2, 0.25) is 11.8 Å². The van der Waals surface area contributed by atoms with Crippen LogP contribution < -0.4 is 0 Å². The van der Waals surface area contributed by atoms with Crippen LogP contribution >= 0.6 is 0 Å². The average molecular weight is 331 g/mol. The lowest BCUT2D eigenvalue weighted by atomic mass is 10.1. The van der Waals surface area contributed by atoms with Crippen LogP contribution in [0, 0.1) is 0 Å². The minimum absolute atomic E-state index is 0.0591. The molecule has 1 saturated heterocycles. The van der Waals surface area contributed by atoms with Crippen molar-refractivity contribution in [3.05, 3.63) is 35.9 Å². The molecule has 0 radical (unpaired) electrons. The maximum Gasteiger partial charge on any atom is 0.236 e. The van der Waals surface area contributed by atoms with E-state index in [1.54, 1.807) is 0 Å². The van der Waals surface area contributed by atoms with Gasteiger partial charge in [-0.15, -0.1) is 0 Å². The van der Waals surface area contributed by atoms with Crippen molar-refractivity contribution in [2.75, 3.05) is 39.8 Å². The molecule has 5 heteroatoms. The second kappa shape index (κ2) is 8.83. The Kier molecular flexibility index (Phi) is 6.79. The van der Waals surface area contributed by atoms with Gasteiger partial charge in [-0.2, -0.15) is 0 Å². The Morgan fingerprint density at radius 1 is 1.12 bits per heavy atom. The number of benzene rings is 1. The van der Waals surface area contributed by atoms with Crippen molar-refractivity contribution in [2.24, 2.45) is 0 Å². The quantitative estimate of drug-likeness (QED) is 0.830. The molecule has 0 bridgehead atoms. The summed E-state index contributed by atoms with van der Waals surface area (Å²) in [4.78, 5) is 30.3. The zero-order valence-corrected chi connectivity index (χ0v) is 15.1. The Balaban J connectivity index is 1.88. The fourth-order valence-electron chi connectivity index (χ4n) is 3.08. The third-order valence-electron chi connectivity index (χ3n) is 4.86. The monoisotopic (exact) mass is 331 g/mol. The number of nitrogens with zero attached hydrogens (tertiary/aromatic N) is 3. The number of amides is 2. The fourth-order valence-corrected chi connectivity index (χ4v) is 3.08. The van der Waals surface area contributed by atoms with Gasteiger partial charge in [0, 0.05) is 39.6 Å². The Labute approximate surface area is 145 Å². The lowest BCUT2D eigenvalue weighted by Gasteiger charge is -2.28. The minimum atomic E-state index is 0.0591. The third kappa shape index (κ3) is 4.81. The average Bonchev–Trinajstić information content (AvgIpc) is 2.86. The molecule has 0 aromatic heterocycles. The summed E-state index contributed by atoms with van der Waals surface area (Å²) in [5, 5.41) is 0. The molecule has 1 aromatic rings. The van der Waals surface area contributed by atoms with Crippen LogP contribution in [0.1, 0.15) is 38.3 Å². The highest BCUT2D eigenvalue weighted by molar-refractivity contribution is 5.78. The molecule has 1 aliphatic rings. The van der Waals surface area contributed by atoms with Gasteiger partial charge in [0.1, 0.15) is 0 Å². The van der Waals surface area contributed by atoms with Gasteiger partial charge in [-0.05, 0) is 18.9 Å². The molecule has 1 aliphatic heterocycles. The van der Waals surface area contributed by atoms with E-state index in [1.807, 2.05) is 42.0 Å². The molecule has 1 aromatic carbocycles. The van der Waals surface area contributed by atoms with Crippen molar-refractivity contribution in [1.82, 2.24) is 14.7 Å². The maximum atomic E-state index is 12.6. The van der Waals surface area contributed by atoms with E-state index in [1.165, 1.54) is 0 Å². The van der Waals surface area contributed by atoms with Crippen LogP contribution in [-0.2, 0) is 9.59 Å². The van der Waals surface area contributed by atoms with E-state index in [2.05, 4.69) is 24.0 Å². The predicted molar refractivity (Wildman–Crippen MR) is 95.6 cm³/mol. The number of hydrogen-bond donors (Lipinski definition) is 0. The van der Waals surface area contributed by atoms with Crippen LogP contribution in [0.3, 0.4) is 0 Å². The van der Waals surface area contributed by atoms with Crippen molar-refractivity contribution in [1.29, 1.82) is 0 Å². The van der Waals surface area contributed by atoms with Crippen LogP contribution in [0.2, 0.25) is 0 Å². The fraction of sp³-hybridized carbons (Fsp3) is 0.579. The summed E-state index contributed by atoms with van der Waals surface area (Å²) in [6.45, 7) is 7.52. The van der Waals surface area contributed by atoms with Gasteiger partial charge >= 0.3 is 0 Å². The molecule has 1 atom stereocenters. The number of likely N-dealkylation sites (N-methyl/N-ethyl adjacent to an activating group) is 1. The topological polar surface area (TPSA) is 43.9 Å². The Morgan fingerprint density at radius 3 is 2.50 bits per heavy atom. The van der Waals surface area contributed by atoms with E-state index in [0.29, 0.717) is 13.0 Å². The molecule has 0 N–H and O–H groups in total. The SMILES string of the molecule is CCC(=O)N1CCCN(CC(=O)N(C)C(C)c2ccccc2)CC1. The summed E-state index contributed by atoms with van der Waals surface area (Å²) in [5.74, 6) is 0.333. The third-order valence-corrected chi connectivity index (χ3v) is 4.86. The van der Waals surface area contributed by atoms with Crippen molar-refractivity contribution < 1.29 is 9.59 Å². The van der Waals surface area contributed by atoms with Crippen LogP contribution in [0.25, 0.3) is 0 Å². The Hall–Kier alpha value is -1.88. The van der Waals surface area contributed by atoms with Gasteiger partial charge in [-0.3, -0.25) is 14.5 Å². The Morgan fingerprint density at radius 2 is 1.83 bits per heavy atom. The lowest BCUT2D eigenvalue weighted by Crippen LogP contribution is -2.41. The van der Waals surface area contributed by atoms with Crippen molar-refractivity contribution in [3.63, 3.8) is 0 Å². The lowest BCUT2D eigenvalue weighted by molar-refractivity contribution is -0.133. The van der Waals surface area contributed by atoms with E-state index < -0.39 is 0 Å². The molecule has 0 saturated carbocycles. The first-order valence-corrected chi connectivity index (χ1v) is 8.83. The first-order valence-electron chi connectivity index (χ1n) is 8.83. The van der Waals surface area contributed by atoms with E-state index >= 15 is 0 Å². The molecule has 1 unspecified atom stereocenters. The molecule has 5 nitrogen and oxygen atoms in total. The van der Waals surface area contributed by atoms with Crippen LogP contribution in [-0.4, -0.2) is 66.3 Å². The summed E-state index contributed by atoms with van der Waals surface area (Å²) in [5.41, 5.74) is 1.14. The zero-order chi connectivity index (χ0) is 17.5. The zero-order valence-electron chi connectivity index (χ0n) is 15.1. The van der Waals surface area contributed by atoms with Crippen molar-refractivity contribution >= 4 is 11.8 Å². The number of rotatable bonds is 5. The summed E-state index contributed by atoms with van der Waals surface area (Å²) in [7, 11) is 1.87. The number of carbonyl (C=O) groups is 2. The molecule has 2 amide bonds. The molecular formula is C19H29N3O2. The van der Waals surface area contributed by atoms with E-state index in [4.69, 9.17) is 0 Å². The smallest absolute Gasteiger partial charge is 0.236 e. The van der Waals surface area contributed by atoms with Crippen LogP contribution in [0.4, 0.5) is 0 Å². The highest BCUT2D eigenvalue weighted by Crippen LogP contribution is 2.18. The first-order chi connectivity index (χ1) is 11.5. The van der Waals surface area contributed by atoms with Gasteiger partial charge in [-0.1, -0.05) is 37.3 Å². The van der Waals surface area contributed by atoms with Crippen LogP contribution in [0.15, 0.2) is 30.3 Å². The number of hydrogen-bond acceptors (Lipinski definition) is 3. The molecule has 0 spiro atoms. The summed E-state index contributed by atoms with van der Waals surface area (Å²) in [6.07, 6.45) is 1.48. The predicted octanol–water partition coefficient (Wildman–Crippen LogP) is 2.15. The molecule has 0 aliphatic carbocycles. The second-order valence-electron chi connectivity index (χ2n) is 6.46. The van der Waals surface area contributed by atoms with Gasteiger partial charge in [-0.25, -0.2) is 0 Å². The molecule has 24 heavy (non-hydrogen) atoms. The van der Waals surface area contributed by atoms with Gasteiger partial charge in [0.15, 0.2) is 0 Å². The molecule has 1 heterocycles. The molecule has 2 rings (SSSR count). The first kappa shape index (κ1) is 18.5. The van der Waals surface area contributed by atoms with Crippen molar-refractivity contribution in [2.45, 2.75) is 32.7 Å². The van der Waals surface area contributed by atoms with E-state index in [-0.39, 0.29) is 17.9 Å². The molecular weight excluding hydrogens is 302 g/mol. The minimum Gasteiger partial charge on any atom is -0.341 e. The largest absolute Gasteiger partial charge is 0.341 e. The molecule has 1 fully saturated rings. The van der Waals surface area contributed by atoms with Crippen molar-refractivity contribution in [3.8, 4) is 0 Å². The second-order valence-corrected chi connectivity index (χ2v) is 6.46. The standard InChI is InChI=1S/C19H29N3O2/c1-4-18(23)22-12-8-11-21(13-14-22)15-19(24)20(3)16(2)17-9-6-5-7-10-17/h5-7,9-10,16H,4,8,11-15H2,1-3H3. The maximum absolute atomic E-state index is 12.6. The normalized spacial score (nSPS) is 17.2. The highest BCUT2D eigenvalue weighted by atomic mass is 16.2. The van der Waals surface area contributed by atoms with Gasteiger partial charge < -0.3 is 9.80 Å². The summed E-state index contributed by atoms with van der Waals surface area (Å²) >= 11 is 0. The molecule has 132 valence electrons. The van der Waals surface area contributed by atoms with E-state index in [0.717, 1.165) is 38.2 Å². The van der Waals surface area contributed by atoms with E-state index in [9.17, 15) is 9.59 Å². The summed E-state index contributed by atoms with van der Waals surface area (Å²) < 4.78 is 0. The highest BCUT2D eigenvalue weighted by Gasteiger charge is 2.22. The summed E-state index contributed by atoms with van der Waals surface area (Å²) in [6, 6.07) is 10.1. The Bertz CT molecular complexity index is 547. The van der Waals surface area contributed by atoms with Gasteiger partial charge in [0.25, 0.3) is 0 Å².